The summed E-state index contributed by atoms with van der Waals surface area (Å²) in [5.74, 6) is -1.00. The minimum absolute atomic E-state index is 0.0389. The van der Waals surface area contributed by atoms with E-state index in [9.17, 15) is 9.59 Å². The Labute approximate surface area is 103 Å². The van der Waals surface area contributed by atoms with Gasteiger partial charge in [-0.05, 0) is 25.7 Å². The van der Waals surface area contributed by atoms with Crippen LogP contribution in [0.15, 0.2) is 0 Å². The summed E-state index contributed by atoms with van der Waals surface area (Å²) < 4.78 is 5.35. The van der Waals surface area contributed by atoms with Crippen molar-refractivity contribution in [1.29, 1.82) is 0 Å². The highest BCUT2D eigenvalue weighted by molar-refractivity contribution is 5.70. The smallest absolute Gasteiger partial charge is 0.306 e. The van der Waals surface area contributed by atoms with Crippen LogP contribution in [0.3, 0.4) is 0 Å². The standard InChI is InChI=1S/C13H24O4/c1-3-7-11(8-4-2)17-13(16)10-6-5-9-12(14)15/h11H,3-10H2,1-2H3,(H,14,15). The van der Waals surface area contributed by atoms with Crippen molar-refractivity contribution < 1.29 is 19.4 Å². The van der Waals surface area contributed by atoms with Gasteiger partial charge in [0.2, 0.25) is 0 Å². The molecule has 4 nitrogen and oxygen atoms in total. The van der Waals surface area contributed by atoms with Gasteiger partial charge in [0, 0.05) is 12.8 Å². The van der Waals surface area contributed by atoms with Gasteiger partial charge in [-0.2, -0.15) is 0 Å². The normalized spacial score (nSPS) is 10.5. The first-order chi connectivity index (χ1) is 8.10. The summed E-state index contributed by atoms with van der Waals surface area (Å²) in [6, 6.07) is 0. The molecule has 0 radical (unpaired) electrons. The zero-order valence-corrected chi connectivity index (χ0v) is 10.9. The number of aliphatic carboxylic acids is 1. The van der Waals surface area contributed by atoms with Crippen LogP contribution < -0.4 is 0 Å². The maximum atomic E-state index is 11.5. The van der Waals surface area contributed by atoms with Crippen molar-refractivity contribution in [2.24, 2.45) is 0 Å². The van der Waals surface area contributed by atoms with Crippen molar-refractivity contribution in [1.82, 2.24) is 0 Å². The van der Waals surface area contributed by atoms with E-state index < -0.39 is 5.97 Å². The molecule has 0 aromatic carbocycles. The number of carboxylic acid groups (broad SMARTS) is 1. The Kier molecular flexibility index (Phi) is 9.49. The molecule has 17 heavy (non-hydrogen) atoms. The summed E-state index contributed by atoms with van der Waals surface area (Å²) in [6.07, 6.45) is 5.47. The summed E-state index contributed by atoms with van der Waals surface area (Å²) >= 11 is 0. The van der Waals surface area contributed by atoms with Gasteiger partial charge in [-0.3, -0.25) is 9.59 Å². The Balaban J connectivity index is 3.70. The molecule has 0 aliphatic heterocycles. The first-order valence-corrected chi connectivity index (χ1v) is 6.51. The lowest BCUT2D eigenvalue weighted by Gasteiger charge is -2.16. The molecule has 0 heterocycles. The zero-order chi connectivity index (χ0) is 13.1. The SMILES string of the molecule is CCCC(CCC)OC(=O)CCCCC(=O)O. The highest BCUT2D eigenvalue weighted by Crippen LogP contribution is 2.11. The topological polar surface area (TPSA) is 63.6 Å². The first-order valence-electron chi connectivity index (χ1n) is 6.51. The molecule has 0 unspecified atom stereocenters. The zero-order valence-electron chi connectivity index (χ0n) is 10.9. The molecule has 0 aliphatic rings. The average molecular weight is 244 g/mol. The van der Waals surface area contributed by atoms with E-state index in [0.29, 0.717) is 19.3 Å². The first kappa shape index (κ1) is 15.9. The molecule has 0 aromatic heterocycles. The summed E-state index contributed by atoms with van der Waals surface area (Å²) in [7, 11) is 0. The van der Waals surface area contributed by atoms with Gasteiger partial charge in [0.1, 0.15) is 6.10 Å². The van der Waals surface area contributed by atoms with Gasteiger partial charge in [-0.1, -0.05) is 26.7 Å². The highest BCUT2D eigenvalue weighted by atomic mass is 16.5. The average Bonchev–Trinajstić information content (AvgIpc) is 2.25. The van der Waals surface area contributed by atoms with E-state index in [-0.39, 0.29) is 18.5 Å². The molecule has 0 amide bonds. The van der Waals surface area contributed by atoms with Gasteiger partial charge in [0.15, 0.2) is 0 Å². The molecular weight excluding hydrogens is 220 g/mol. The monoisotopic (exact) mass is 244 g/mol. The minimum Gasteiger partial charge on any atom is -0.481 e. The largest absolute Gasteiger partial charge is 0.481 e. The third-order valence-electron chi connectivity index (χ3n) is 2.54. The Morgan fingerprint density at radius 2 is 1.59 bits per heavy atom. The maximum Gasteiger partial charge on any atom is 0.306 e. The summed E-state index contributed by atoms with van der Waals surface area (Å²) in [6.45, 7) is 4.15. The van der Waals surface area contributed by atoms with Gasteiger partial charge >= 0.3 is 11.9 Å². The van der Waals surface area contributed by atoms with Crippen molar-refractivity contribution in [2.75, 3.05) is 0 Å². The van der Waals surface area contributed by atoms with Crippen molar-refractivity contribution >= 4 is 11.9 Å². The number of carbonyl (C=O) groups excluding carboxylic acids is 1. The van der Waals surface area contributed by atoms with Gasteiger partial charge in [0.25, 0.3) is 0 Å². The molecular formula is C13H24O4. The molecule has 0 bridgehead atoms. The quantitative estimate of drug-likeness (QED) is 0.473. The Bertz CT molecular complexity index is 219. The van der Waals surface area contributed by atoms with Crippen LogP contribution in [0.25, 0.3) is 0 Å². The van der Waals surface area contributed by atoms with Crippen LogP contribution in [0.4, 0.5) is 0 Å². The fourth-order valence-electron chi connectivity index (χ4n) is 1.70. The molecule has 0 saturated carbocycles. The number of carbonyl (C=O) groups is 2. The third-order valence-corrected chi connectivity index (χ3v) is 2.54. The third kappa shape index (κ3) is 9.85. The van der Waals surface area contributed by atoms with Crippen molar-refractivity contribution in [3.05, 3.63) is 0 Å². The molecule has 0 saturated heterocycles. The van der Waals surface area contributed by atoms with Gasteiger partial charge in [0.05, 0.1) is 0 Å². The second-order valence-corrected chi connectivity index (χ2v) is 4.29. The summed E-state index contributed by atoms with van der Waals surface area (Å²) in [5, 5.41) is 8.45. The van der Waals surface area contributed by atoms with Crippen molar-refractivity contribution in [3.8, 4) is 0 Å². The van der Waals surface area contributed by atoms with E-state index in [0.717, 1.165) is 25.7 Å². The van der Waals surface area contributed by atoms with Crippen LogP contribution in [-0.2, 0) is 14.3 Å². The number of carboxylic acids is 1. The van der Waals surface area contributed by atoms with Crippen molar-refractivity contribution in [3.63, 3.8) is 0 Å². The molecule has 0 aliphatic carbocycles. The number of rotatable bonds is 10. The Morgan fingerprint density at radius 1 is 1.06 bits per heavy atom. The van der Waals surface area contributed by atoms with Gasteiger partial charge < -0.3 is 9.84 Å². The van der Waals surface area contributed by atoms with E-state index in [2.05, 4.69) is 13.8 Å². The number of esters is 1. The molecule has 100 valence electrons. The number of unbranched alkanes of at least 4 members (excludes halogenated alkanes) is 1. The predicted molar refractivity (Wildman–Crippen MR) is 65.8 cm³/mol. The second-order valence-electron chi connectivity index (χ2n) is 4.29. The summed E-state index contributed by atoms with van der Waals surface area (Å²) in [4.78, 5) is 21.8. The lowest BCUT2D eigenvalue weighted by Crippen LogP contribution is -2.17. The predicted octanol–water partition coefficient (Wildman–Crippen LogP) is 3.14. The Morgan fingerprint density at radius 3 is 2.06 bits per heavy atom. The fourth-order valence-corrected chi connectivity index (χ4v) is 1.70. The number of ether oxygens (including phenoxy) is 1. The van der Waals surface area contributed by atoms with E-state index in [1.807, 2.05) is 0 Å². The van der Waals surface area contributed by atoms with E-state index in [4.69, 9.17) is 9.84 Å². The van der Waals surface area contributed by atoms with Gasteiger partial charge in [-0.15, -0.1) is 0 Å². The molecule has 0 aromatic rings. The molecule has 4 heteroatoms. The van der Waals surface area contributed by atoms with E-state index in [1.54, 1.807) is 0 Å². The fraction of sp³-hybridized carbons (Fsp3) is 0.846. The van der Waals surface area contributed by atoms with Crippen LogP contribution >= 0.6 is 0 Å². The maximum absolute atomic E-state index is 11.5. The minimum atomic E-state index is -0.812. The molecule has 1 N–H and O–H groups in total. The van der Waals surface area contributed by atoms with Crippen LogP contribution in [-0.4, -0.2) is 23.1 Å². The van der Waals surface area contributed by atoms with Gasteiger partial charge in [-0.25, -0.2) is 0 Å². The Hall–Kier alpha value is -1.06. The lowest BCUT2D eigenvalue weighted by molar-refractivity contribution is -0.150. The van der Waals surface area contributed by atoms with Crippen LogP contribution in [0, 0.1) is 0 Å². The van der Waals surface area contributed by atoms with Crippen LogP contribution in [0.5, 0.6) is 0 Å². The van der Waals surface area contributed by atoms with Crippen molar-refractivity contribution in [2.45, 2.75) is 71.3 Å². The molecule has 0 rings (SSSR count). The number of hydrogen-bond donors (Lipinski definition) is 1. The molecule has 0 fully saturated rings. The van der Waals surface area contributed by atoms with E-state index in [1.165, 1.54) is 0 Å². The second kappa shape index (κ2) is 10.1. The highest BCUT2D eigenvalue weighted by Gasteiger charge is 2.12. The molecule has 0 spiro atoms. The molecule has 0 atom stereocenters. The van der Waals surface area contributed by atoms with Crippen LogP contribution in [0.2, 0.25) is 0 Å². The van der Waals surface area contributed by atoms with Crippen LogP contribution in [0.1, 0.15) is 65.2 Å². The number of hydrogen-bond acceptors (Lipinski definition) is 3. The summed E-state index contributed by atoms with van der Waals surface area (Å²) in [5.41, 5.74) is 0. The lowest BCUT2D eigenvalue weighted by atomic mass is 10.1. The van der Waals surface area contributed by atoms with E-state index >= 15 is 0 Å².